The van der Waals surface area contributed by atoms with Crippen molar-refractivity contribution >= 4 is 22.5 Å². The first-order chi connectivity index (χ1) is 18.8. The highest BCUT2D eigenvalue weighted by Crippen LogP contribution is 2.52. The summed E-state index contributed by atoms with van der Waals surface area (Å²) in [5.41, 5.74) is 5.77. The second-order valence-electron chi connectivity index (χ2n) is 10.5. The van der Waals surface area contributed by atoms with Crippen molar-refractivity contribution in [1.82, 2.24) is 4.98 Å². The van der Waals surface area contributed by atoms with Gasteiger partial charge in [0.1, 0.15) is 22.9 Å². The summed E-state index contributed by atoms with van der Waals surface area (Å²) in [6.07, 6.45) is 3.96. The largest absolute Gasteiger partial charge is 0.455 e. The fourth-order valence-electron chi connectivity index (χ4n) is 5.48. The minimum absolute atomic E-state index is 0.0525. The van der Waals surface area contributed by atoms with Gasteiger partial charge in [-0.15, -0.1) is 0 Å². The van der Waals surface area contributed by atoms with Gasteiger partial charge in [-0.2, -0.15) is 0 Å². The number of nitrogens with zero attached hydrogens (tertiary/aromatic N) is 1. The van der Waals surface area contributed by atoms with Gasteiger partial charge in [0.15, 0.2) is 18.0 Å². The third kappa shape index (κ3) is 4.40. The first kappa shape index (κ1) is 25.0. The van der Waals surface area contributed by atoms with Crippen LogP contribution < -0.4 is 0 Å². The molecule has 1 aliphatic rings. The molecule has 39 heavy (non-hydrogen) atoms. The van der Waals surface area contributed by atoms with E-state index < -0.39 is 0 Å². The number of benzene rings is 3. The van der Waals surface area contributed by atoms with E-state index in [1.165, 1.54) is 18.5 Å². The number of carbonyl (C=O) groups excluding carboxylic acids is 2. The smallest absolute Gasteiger partial charge is 0.181 e. The molecule has 196 valence electrons. The van der Waals surface area contributed by atoms with E-state index in [0.717, 1.165) is 41.0 Å². The first-order valence-corrected chi connectivity index (χ1v) is 13.2. The number of rotatable bonds is 8. The highest BCUT2D eigenvalue weighted by atomic mass is 19.1. The Labute approximate surface area is 225 Å². The Hall–Kier alpha value is -4.32. The summed E-state index contributed by atoms with van der Waals surface area (Å²) in [7, 11) is 0. The lowest BCUT2D eigenvalue weighted by Gasteiger charge is -2.14. The SMILES string of the molecule is CCC(=O)c1c(-c2ccc(F)cc2)oc2ccc(-c3cc(C(=O)CC4(c5ocnc5C)CC4)ccc3C)cc12. The van der Waals surface area contributed by atoms with Gasteiger partial charge in [-0.05, 0) is 85.8 Å². The molecule has 0 saturated heterocycles. The van der Waals surface area contributed by atoms with E-state index >= 15 is 0 Å². The maximum atomic E-state index is 13.6. The number of hydrogen-bond acceptors (Lipinski definition) is 5. The average Bonchev–Trinajstić information content (AvgIpc) is 3.40. The quantitative estimate of drug-likeness (QED) is 0.192. The molecule has 0 unspecified atom stereocenters. The molecule has 0 aliphatic heterocycles. The number of halogens is 1. The van der Waals surface area contributed by atoms with Gasteiger partial charge in [0.05, 0.1) is 11.3 Å². The van der Waals surface area contributed by atoms with Gasteiger partial charge in [-0.1, -0.05) is 25.1 Å². The zero-order valence-corrected chi connectivity index (χ0v) is 22.1. The Morgan fingerprint density at radius 1 is 0.949 bits per heavy atom. The number of hydrogen-bond donors (Lipinski definition) is 0. The van der Waals surface area contributed by atoms with Crippen LogP contribution in [-0.4, -0.2) is 16.6 Å². The van der Waals surface area contributed by atoms with Crippen molar-refractivity contribution in [3.63, 3.8) is 0 Å². The molecule has 1 aliphatic carbocycles. The molecule has 2 aromatic heterocycles. The predicted molar refractivity (Wildman–Crippen MR) is 148 cm³/mol. The molecular formula is C33H28FNO4. The highest BCUT2D eigenvalue weighted by molar-refractivity contribution is 6.12. The standard InChI is InChI=1S/C33H28FNO4/c1-4-27(36)30-26-15-22(9-12-29(26)39-31(30)21-7-10-24(34)11-8-21)25-16-23(6-5-19(25)2)28(37)17-33(13-14-33)32-20(3)35-18-38-32/h5-12,15-16,18H,4,13-14,17H2,1-3H3. The van der Waals surface area contributed by atoms with Crippen LogP contribution in [0, 0.1) is 19.7 Å². The number of furan rings is 1. The third-order valence-electron chi connectivity index (χ3n) is 7.84. The van der Waals surface area contributed by atoms with E-state index in [4.69, 9.17) is 8.83 Å². The summed E-state index contributed by atoms with van der Waals surface area (Å²) in [4.78, 5) is 30.7. The molecule has 2 heterocycles. The summed E-state index contributed by atoms with van der Waals surface area (Å²) in [5, 5.41) is 0.701. The van der Waals surface area contributed by atoms with E-state index in [1.807, 2.05) is 57.2 Å². The number of aryl methyl sites for hydroxylation is 2. The molecule has 0 N–H and O–H groups in total. The van der Waals surface area contributed by atoms with Crippen LogP contribution in [0.1, 0.15) is 70.3 Å². The molecule has 0 radical (unpaired) electrons. The molecule has 0 atom stereocenters. The van der Waals surface area contributed by atoms with Crippen molar-refractivity contribution in [3.05, 3.63) is 101 Å². The van der Waals surface area contributed by atoms with E-state index in [-0.39, 0.29) is 22.8 Å². The van der Waals surface area contributed by atoms with Crippen LogP contribution in [0.15, 0.2) is 75.9 Å². The molecule has 0 spiro atoms. The highest BCUT2D eigenvalue weighted by Gasteiger charge is 2.49. The van der Waals surface area contributed by atoms with Crippen molar-refractivity contribution in [1.29, 1.82) is 0 Å². The molecule has 5 aromatic rings. The summed E-state index contributed by atoms with van der Waals surface area (Å²) >= 11 is 0. The van der Waals surface area contributed by atoms with Crippen LogP contribution in [0.5, 0.6) is 0 Å². The normalized spacial score (nSPS) is 14.1. The van der Waals surface area contributed by atoms with Gasteiger partial charge in [0.25, 0.3) is 0 Å². The van der Waals surface area contributed by atoms with Crippen molar-refractivity contribution in [2.75, 3.05) is 0 Å². The van der Waals surface area contributed by atoms with Crippen molar-refractivity contribution in [2.45, 2.75) is 51.9 Å². The van der Waals surface area contributed by atoms with Crippen molar-refractivity contribution in [2.24, 2.45) is 0 Å². The van der Waals surface area contributed by atoms with Crippen molar-refractivity contribution < 1.29 is 22.8 Å². The lowest BCUT2D eigenvalue weighted by molar-refractivity contribution is 0.0963. The molecular weight excluding hydrogens is 493 g/mol. The van der Waals surface area contributed by atoms with Gasteiger partial charge in [0, 0.05) is 34.8 Å². The Bertz CT molecular complexity index is 1740. The number of oxazole rings is 1. The first-order valence-electron chi connectivity index (χ1n) is 13.2. The Morgan fingerprint density at radius 2 is 1.69 bits per heavy atom. The second-order valence-corrected chi connectivity index (χ2v) is 10.5. The Kier molecular flexibility index (Phi) is 6.06. The molecule has 0 amide bonds. The van der Waals surface area contributed by atoms with Gasteiger partial charge in [-0.25, -0.2) is 9.37 Å². The summed E-state index contributed by atoms with van der Waals surface area (Å²) in [5.74, 6) is 0.914. The second kappa shape index (κ2) is 9.45. The molecule has 6 heteroatoms. The molecule has 1 saturated carbocycles. The Morgan fingerprint density at radius 3 is 2.36 bits per heavy atom. The molecule has 6 rings (SSSR count). The van der Waals surface area contributed by atoms with Gasteiger partial charge < -0.3 is 8.83 Å². The lowest BCUT2D eigenvalue weighted by atomic mass is 9.89. The van der Waals surface area contributed by atoms with Crippen LogP contribution in [0.2, 0.25) is 0 Å². The topological polar surface area (TPSA) is 73.3 Å². The summed E-state index contributed by atoms with van der Waals surface area (Å²) in [6.45, 7) is 5.73. The molecule has 3 aromatic carbocycles. The van der Waals surface area contributed by atoms with Crippen LogP contribution in [-0.2, 0) is 5.41 Å². The fraction of sp³-hybridized carbons (Fsp3) is 0.242. The summed E-state index contributed by atoms with van der Waals surface area (Å²) in [6, 6.07) is 17.5. The van der Waals surface area contributed by atoms with E-state index in [0.29, 0.717) is 46.3 Å². The van der Waals surface area contributed by atoms with Crippen LogP contribution in [0.25, 0.3) is 33.4 Å². The minimum atomic E-state index is -0.353. The minimum Gasteiger partial charge on any atom is -0.455 e. The predicted octanol–water partition coefficient (Wildman–Crippen LogP) is 8.41. The van der Waals surface area contributed by atoms with E-state index in [9.17, 15) is 14.0 Å². The number of Topliss-reactive ketones (excluding diaryl/α,β-unsaturated/α-hetero) is 2. The molecule has 1 fully saturated rings. The number of ketones is 2. The van der Waals surface area contributed by atoms with Gasteiger partial charge in [-0.3, -0.25) is 9.59 Å². The zero-order valence-electron chi connectivity index (χ0n) is 22.1. The average molecular weight is 522 g/mol. The molecule has 0 bridgehead atoms. The number of carbonyl (C=O) groups is 2. The number of fused-ring (bicyclic) bond motifs is 1. The summed E-state index contributed by atoms with van der Waals surface area (Å²) < 4.78 is 25.3. The van der Waals surface area contributed by atoms with Crippen molar-refractivity contribution in [3.8, 4) is 22.5 Å². The fourth-order valence-corrected chi connectivity index (χ4v) is 5.48. The Balaban J connectivity index is 1.39. The maximum absolute atomic E-state index is 13.6. The van der Waals surface area contributed by atoms with Gasteiger partial charge in [0.2, 0.25) is 0 Å². The zero-order chi connectivity index (χ0) is 27.3. The van der Waals surface area contributed by atoms with Crippen LogP contribution in [0.3, 0.4) is 0 Å². The van der Waals surface area contributed by atoms with Crippen LogP contribution in [0.4, 0.5) is 4.39 Å². The van der Waals surface area contributed by atoms with E-state index in [1.54, 1.807) is 12.1 Å². The third-order valence-corrected chi connectivity index (χ3v) is 7.84. The lowest BCUT2D eigenvalue weighted by Crippen LogP contribution is -2.14. The van der Waals surface area contributed by atoms with Crippen LogP contribution >= 0.6 is 0 Å². The monoisotopic (exact) mass is 521 g/mol. The van der Waals surface area contributed by atoms with E-state index in [2.05, 4.69) is 4.98 Å². The number of aromatic nitrogens is 1. The van der Waals surface area contributed by atoms with Gasteiger partial charge >= 0.3 is 0 Å². The molecule has 5 nitrogen and oxygen atoms in total. The maximum Gasteiger partial charge on any atom is 0.181 e.